The number of nitrogens with one attached hydrogen (secondary N) is 2. The van der Waals surface area contributed by atoms with Gasteiger partial charge < -0.3 is 14.9 Å². The van der Waals surface area contributed by atoms with Crippen molar-refractivity contribution in [2.45, 2.75) is 77.9 Å². The summed E-state index contributed by atoms with van der Waals surface area (Å²) < 4.78 is 2.45. The molecule has 2 N–H and O–H groups in total. The Morgan fingerprint density at radius 3 is 2.07 bits per heavy atom. The van der Waals surface area contributed by atoms with Gasteiger partial charge in [-0.05, 0) is 45.1 Å². The van der Waals surface area contributed by atoms with E-state index < -0.39 is 16.5 Å². The first-order valence-electron chi connectivity index (χ1n) is 9.80. The number of nitrogens with zero attached hydrogens (tertiary/aromatic N) is 2. The lowest BCUT2D eigenvalue weighted by Crippen LogP contribution is -2.62. The molecule has 1 aromatic heterocycles. The van der Waals surface area contributed by atoms with Crippen LogP contribution in [0.2, 0.25) is 39.3 Å². The van der Waals surface area contributed by atoms with Crippen LogP contribution in [-0.4, -0.2) is 49.8 Å². The quantitative estimate of drug-likeness (QED) is 0.495. The highest BCUT2D eigenvalue weighted by Gasteiger charge is 2.37. The zero-order valence-electron chi connectivity index (χ0n) is 19.0. The van der Waals surface area contributed by atoms with Gasteiger partial charge in [0.2, 0.25) is 0 Å². The van der Waals surface area contributed by atoms with E-state index >= 15 is 0 Å². The molecule has 0 bridgehead atoms. The first-order chi connectivity index (χ1) is 12.0. The van der Waals surface area contributed by atoms with Gasteiger partial charge in [0.25, 0.3) is 0 Å². The average Bonchev–Trinajstić information content (AvgIpc) is 2.48. The monoisotopic (exact) mass is 424 g/mol. The van der Waals surface area contributed by atoms with Crippen LogP contribution in [0.3, 0.4) is 0 Å². The van der Waals surface area contributed by atoms with Gasteiger partial charge in [-0.15, -0.1) is 0 Å². The third-order valence-electron chi connectivity index (χ3n) is 4.34. The van der Waals surface area contributed by atoms with Crippen LogP contribution < -0.4 is 10.3 Å². The molecule has 0 aliphatic rings. The van der Waals surface area contributed by atoms with Gasteiger partial charge in [0.15, 0.2) is 5.11 Å². The van der Waals surface area contributed by atoms with Crippen LogP contribution in [0.25, 0.3) is 0 Å². The number of aromatic nitrogens is 1. The highest BCUT2D eigenvalue weighted by atomic mass is 32.1. The van der Waals surface area contributed by atoms with E-state index in [2.05, 4.69) is 94.0 Å². The number of hydrogen-bond acceptors (Lipinski definition) is 3. The van der Waals surface area contributed by atoms with Crippen LogP contribution in [0.15, 0.2) is 24.4 Å². The smallest absolute Gasteiger partial charge is 0.161 e. The molecule has 1 heterocycles. The summed E-state index contributed by atoms with van der Waals surface area (Å²) in [4.78, 5) is 8.55. The normalized spacial score (nSPS) is 15.2. The molecule has 0 saturated carbocycles. The summed E-state index contributed by atoms with van der Waals surface area (Å²) in [6.45, 7) is 24.6. The van der Waals surface area contributed by atoms with Crippen molar-refractivity contribution in [3.63, 3.8) is 0 Å². The van der Waals surface area contributed by atoms with Crippen molar-refractivity contribution in [2.24, 2.45) is 0 Å². The molecule has 1 atom stereocenters. The van der Waals surface area contributed by atoms with Crippen molar-refractivity contribution in [3.8, 4) is 0 Å². The first-order valence-corrected chi connectivity index (χ1v) is 17.2. The predicted molar refractivity (Wildman–Crippen MR) is 128 cm³/mol. The fraction of sp³-hybridized carbons (Fsp3) is 0.700. The maximum absolute atomic E-state index is 5.86. The van der Waals surface area contributed by atoms with Crippen LogP contribution in [0, 0.1) is 0 Å². The van der Waals surface area contributed by atoms with Gasteiger partial charge in [-0.25, -0.2) is 0 Å². The van der Waals surface area contributed by atoms with Crippen molar-refractivity contribution < 1.29 is 0 Å². The van der Waals surface area contributed by atoms with Crippen LogP contribution in [-0.2, 0) is 5.41 Å². The van der Waals surface area contributed by atoms with E-state index in [9.17, 15) is 0 Å². The molecule has 4 nitrogen and oxygen atoms in total. The first kappa shape index (κ1) is 24.3. The molecule has 0 radical (unpaired) electrons. The molecule has 27 heavy (non-hydrogen) atoms. The molecule has 0 aromatic carbocycles. The maximum Gasteiger partial charge on any atom is 0.161 e. The summed E-state index contributed by atoms with van der Waals surface area (Å²) in [5.74, 6) is 0. The van der Waals surface area contributed by atoms with Crippen LogP contribution >= 0.6 is 12.2 Å². The van der Waals surface area contributed by atoms with Crippen molar-refractivity contribution in [2.75, 3.05) is 13.1 Å². The molecule has 154 valence electrons. The molecular formula is C20H40N4SSi2. The Balaban J connectivity index is 3.24. The Hall–Kier alpha value is -0.766. The Morgan fingerprint density at radius 1 is 1.07 bits per heavy atom. The van der Waals surface area contributed by atoms with Gasteiger partial charge in [-0.3, -0.25) is 4.98 Å². The van der Waals surface area contributed by atoms with Crippen LogP contribution in [0.4, 0.5) is 0 Å². The molecule has 0 aliphatic carbocycles. The Morgan fingerprint density at radius 2 is 1.67 bits per heavy atom. The fourth-order valence-electron chi connectivity index (χ4n) is 2.76. The minimum Gasteiger partial charge on any atom is -0.375 e. The van der Waals surface area contributed by atoms with Gasteiger partial charge in [0.05, 0.1) is 0 Å². The second-order valence-corrected chi connectivity index (χ2v) is 20.9. The molecule has 0 spiro atoms. The molecular weight excluding hydrogens is 384 g/mol. The van der Waals surface area contributed by atoms with Crippen molar-refractivity contribution in [1.29, 1.82) is 0 Å². The molecule has 0 amide bonds. The zero-order chi connectivity index (χ0) is 21.1. The van der Waals surface area contributed by atoms with E-state index in [0.717, 1.165) is 23.9 Å². The Labute approximate surface area is 174 Å². The van der Waals surface area contributed by atoms with Gasteiger partial charge in [-0.2, -0.15) is 0 Å². The minimum absolute atomic E-state index is 0.0487. The van der Waals surface area contributed by atoms with E-state index in [0.29, 0.717) is 0 Å². The van der Waals surface area contributed by atoms with Crippen molar-refractivity contribution in [3.05, 3.63) is 30.1 Å². The lowest BCUT2D eigenvalue weighted by atomic mass is 9.86. The molecule has 0 fully saturated rings. The van der Waals surface area contributed by atoms with E-state index in [1.165, 1.54) is 0 Å². The molecule has 1 aromatic rings. The maximum atomic E-state index is 5.86. The van der Waals surface area contributed by atoms with Gasteiger partial charge >= 0.3 is 0 Å². The standard InChI is InChI=1S/C20H40N4SSi2/c1-19(2,3)23-18(25)24(27(8,9)10)16-20(4,15-22-26(5,6)7)17-13-11-12-14-21-17/h11-14,22H,15-16H2,1-10H3,(H,23,25). The second kappa shape index (κ2) is 8.72. The summed E-state index contributed by atoms with van der Waals surface area (Å²) in [5, 5.41) is 4.39. The third kappa shape index (κ3) is 8.41. The van der Waals surface area contributed by atoms with Gasteiger partial charge in [-0.1, -0.05) is 52.3 Å². The highest BCUT2D eigenvalue weighted by molar-refractivity contribution is 7.80. The number of pyridine rings is 1. The SMILES string of the molecule is CC(C)(C)NC(=S)N(CC(C)(CN[Si](C)(C)C)c1ccccn1)[Si](C)(C)C. The minimum atomic E-state index is -1.68. The van der Waals surface area contributed by atoms with Gasteiger partial charge in [0, 0.05) is 35.9 Å². The summed E-state index contributed by atoms with van der Waals surface area (Å²) in [7, 11) is -3.08. The average molecular weight is 425 g/mol. The second-order valence-electron chi connectivity index (χ2n) is 10.8. The summed E-state index contributed by atoms with van der Waals surface area (Å²) in [6, 6.07) is 6.21. The highest BCUT2D eigenvalue weighted by Crippen LogP contribution is 2.26. The molecule has 7 heteroatoms. The van der Waals surface area contributed by atoms with E-state index in [1.54, 1.807) is 0 Å². The molecule has 0 saturated heterocycles. The van der Waals surface area contributed by atoms with E-state index in [1.807, 2.05) is 12.3 Å². The lowest BCUT2D eigenvalue weighted by Gasteiger charge is -2.45. The zero-order valence-corrected chi connectivity index (χ0v) is 21.8. The largest absolute Gasteiger partial charge is 0.375 e. The topological polar surface area (TPSA) is 40.2 Å². The lowest BCUT2D eigenvalue weighted by molar-refractivity contribution is 0.367. The van der Waals surface area contributed by atoms with E-state index in [-0.39, 0.29) is 11.0 Å². The molecule has 1 unspecified atom stereocenters. The Kier molecular flexibility index (Phi) is 7.84. The molecule has 1 rings (SSSR count). The number of thiocarbonyl (C=S) groups is 1. The third-order valence-corrected chi connectivity index (χ3v) is 8.06. The van der Waals surface area contributed by atoms with E-state index in [4.69, 9.17) is 17.2 Å². The fourth-order valence-corrected chi connectivity index (χ4v) is 6.36. The number of rotatable bonds is 7. The van der Waals surface area contributed by atoms with Crippen LogP contribution in [0.1, 0.15) is 33.4 Å². The summed E-state index contributed by atoms with van der Waals surface area (Å²) in [5.41, 5.74) is 0.954. The Bertz CT molecular complexity index is 618. The van der Waals surface area contributed by atoms with Crippen LogP contribution in [0.5, 0.6) is 0 Å². The molecule has 0 aliphatic heterocycles. The predicted octanol–water partition coefficient (Wildman–Crippen LogP) is 4.57. The summed E-state index contributed by atoms with van der Waals surface area (Å²) >= 11 is 5.86. The van der Waals surface area contributed by atoms with Crippen molar-refractivity contribution >= 4 is 33.8 Å². The summed E-state index contributed by atoms with van der Waals surface area (Å²) in [6.07, 6.45) is 1.90. The number of hydrogen-bond donors (Lipinski definition) is 2. The van der Waals surface area contributed by atoms with Gasteiger partial charge in [0.1, 0.15) is 16.5 Å². The van der Waals surface area contributed by atoms with Crippen molar-refractivity contribution in [1.82, 2.24) is 19.8 Å².